The maximum Gasteiger partial charge on any atom is 0.336 e. The molecule has 0 bridgehead atoms. The van der Waals surface area contributed by atoms with E-state index in [2.05, 4.69) is 9.97 Å². The largest absolute Gasteiger partial charge is 0.348 e. The van der Waals surface area contributed by atoms with Crippen LogP contribution in [0.15, 0.2) is 76.7 Å². The molecule has 0 atom stereocenters. The number of nitrogens with zero attached hydrogens (tertiary/aromatic N) is 3. The number of aromatic nitrogens is 4. The second-order valence-corrected chi connectivity index (χ2v) is 6.11. The van der Waals surface area contributed by atoms with Gasteiger partial charge in [0.15, 0.2) is 0 Å². The van der Waals surface area contributed by atoms with Crippen molar-refractivity contribution < 1.29 is 0 Å². The van der Waals surface area contributed by atoms with Crippen molar-refractivity contribution in [3.63, 3.8) is 0 Å². The van der Waals surface area contributed by atoms with Gasteiger partial charge in [-0.1, -0.05) is 30.3 Å². The minimum absolute atomic E-state index is 0.290. The average molecular weight is 346 g/mol. The predicted octanol–water partition coefficient (Wildman–Crippen LogP) is 2.51. The molecule has 6 heteroatoms. The molecule has 1 N–H and O–H groups in total. The van der Waals surface area contributed by atoms with Gasteiger partial charge in [0, 0.05) is 18.4 Å². The Morgan fingerprint density at radius 3 is 2.50 bits per heavy atom. The fourth-order valence-corrected chi connectivity index (χ4v) is 3.19. The minimum Gasteiger partial charge on any atom is -0.348 e. The highest BCUT2D eigenvalue weighted by Gasteiger charge is 2.13. The molecular weight excluding hydrogens is 328 g/mol. The zero-order valence-corrected chi connectivity index (χ0v) is 14.1. The number of hydrogen-bond donors (Lipinski definition) is 1. The van der Waals surface area contributed by atoms with Gasteiger partial charge < -0.3 is 4.98 Å². The van der Waals surface area contributed by atoms with Crippen molar-refractivity contribution >= 4 is 10.9 Å². The first-order chi connectivity index (χ1) is 12.8. The Morgan fingerprint density at radius 2 is 1.73 bits per heavy atom. The Hall–Kier alpha value is -3.41. The van der Waals surface area contributed by atoms with Crippen LogP contribution < -0.4 is 11.2 Å². The molecule has 0 saturated carbocycles. The summed E-state index contributed by atoms with van der Waals surface area (Å²) in [5.41, 5.74) is 1.67. The van der Waals surface area contributed by atoms with Crippen LogP contribution in [0.1, 0.15) is 12.1 Å². The molecular formula is C20H18N4O2. The van der Waals surface area contributed by atoms with Gasteiger partial charge in [-0.3, -0.25) is 9.36 Å². The molecule has 2 aromatic carbocycles. The first-order valence-corrected chi connectivity index (χ1v) is 8.53. The molecule has 0 saturated heterocycles. The number of fused-ring (bicyclic) bond motifs is 1. The highest BCUT2D eigenvalue weighted by Crippen LogP contribution is 2.11. The average Bonchev–Trinajstić information content (AvgIpc) is 3.19. The van der Waals surface area contributed by atoms with Gasteiger partial charge in [0.1, 0.15) is 0 Å². The molecule has 130 valence electrons. The number of hydrogen-bond acceptors (Lipinski definition) is 3. The maximum atomic E-state index is 13.1. The van der Waals surface area contributed by atoms with Gasteiger partial charge >= 0.3 is 5.69 Å². The van der Waals surface area contributed by atoms with E-state index >= 15 is 0 Å². The third kappa shape index (κ3) is 2.86. The van der Waals surface area contributed by atoms with Crippen LogP contribution in [0.25, 0.3) is 16.6 Å². The van der Waals surface area contributed by atoms with Crippen molar-refractivity contribution in [1.29, 1.82) is 0 Å². The summed E-state index contributed by atoms with van der Waals surface area (Å²) in [6.45, 7) is 0.519. The van der Waals surface area contributed by atoms with E-state index in [1.54, 1.807) is 35.3 Å². The van der Waals surface area contributed by atoms with Crippen LogP contribution in [0.2, 0.25) is 0 Å². The fraction of sp³-hybridized carbons (Fsp3) is 0.150. The quantitative estimate of drug-likeness (QED) is 0.603. The van der Waals surface area contributed by atoms with E-state index in [1.807, 2.05) is 36.4 Å². The summed E-state index contributed by atoms with van der Waals surface area (Å²) in [7, 11) is 0. The number of imidazole rings is 1. The summed E-state index contributed by atoms with van der Waals surface area (Å²) < 4.78 is 2.93. The van der Waals surface area contributed by atoms with E-state index in [-0.39, 0.29) is 11.2 Å². The molecule has 0 aliphatic rings. The number of aryl methyl sites for hydroxylation is 2. The third-order valence-corrected chi connectivity index (χ3v) is 4.45. The Morgan fingerprint density at radius 1 is 0.962 bits per heavy atom. The highest BCUT2D eigenvalue weighted by molar-refractivity contribution is 5.78. The first kappa shape index (κ1) is 16.1. The van der Waals surface area contributed by atoms with Crippen molar-refractivity contribution in [3.8, 4) is 5.69 Å². The maximum absolute atomic E-state index is 13.1. The molecule has 26 heavy (non-hydrogen) atoms. The van der Waals surface area contributed by atoms with Gasteiger partial charge in [-0.2, -0.15) is 0 Å². The van der Waals surface area contributed by atoms with Crippen LogP contribution in [0.4, 0.5) is 0 Å². The minimum atomic E-state index is -0.315. The van der Waals surface area contributed by atoms with Gasteiger partial charge in [0.25, 0.3) is 5.56 Å². The molecule has 6 nitrogen and oxygen atoms in total. The lowest BCUT2D eigenvalue weighted by Gasteiger charge is -2.14. The first-order valence-electron chi connectivity index (χ1n) is 8.53. The van der Waals surface area contributed by atoms with Gasteiger partial charge in [-0.25, -0.2) is 14.3 Å². The molecule has 0 spiro atoms. The SMILES string of the molecule is O=c1c2ccccc2n(CCCc2cnc[nH]2)c(=O)n1-c1ccccc1. The third-order valence-electron chi connectivity index (χ3n) is 4.45. The molecule has 0 aliphatic carbocycles. The number of benzene rings is 2. The Kier molecular flexibility index (Phi) is 4.23. The topological polar surface area (TPSA) is 72.7 Å². The van der Waals surface area contributed by atoms with Crippen molar-refractivity contribution in [1.82, 2.24) is 19.1 Å². The lowest BCUT2D eigenvalue weighted by Crippen LogP contribution is -2.39. The molecule has 2 aromatic heterocycles. The smallest absolute Gasteiger partial charge is 0.336 e. The van der Waals surface area contributed by atoms with Crippen LogP contribution in [0, 0.1) is 0 Å². The number of nitrogens with one attached hydrogen (secondary N) is 1. The molecule has 2 heterocycles. The van der Waals surface area contributed by atoms with E-state index in [0.29, 0.717) is 23.1 Å². The van der Waals surface area contributed by atoms with Gasteiger partial charge in [0.05, 0.1) is 22.9 Å². The van der Waals surface area contributed by atoms with E-state index < -0.39 is 0 Å². The van der Waals surface area contributed by atoms with Gasteiger partial charge in [-0.15, -0.1) is 0 Å². The van der Waals surface area contributed by atoms with Crippen molar-refractivity contribution in [2.45, 2.75) is 19.4 Å². The molecule has 0 radical (unpaired) electrons. The summed E-state index contributed by atoms with van der Waals surface area (Å²) in [6.07, 6.45) is 4.97. The van der Waals surface area contributed by atoms with Crippen LogP contribution in [0.5, 0.6) is 0 Å². The van der Waals surface area contributed by atoms with E-state index in [4.69, 9.17) is 0 Å². The van der Waals surface area contributed by atoms with E-state index in [1.165, 1.54) is 4.57 Å². The lowest BCUT2D eigenvalue weighted by molar-refractivity contribution is 0.607. The zero-order chi connectivity index (χ0) is 17.9. The molecule has 0 amide bonds. The van der Waals surface area contributed by atoms with Gasteiger partial charge in [-0.05, 0) is 37.1 Å². The van der Waals surface area contributed by atoms with Crippen LogP contribution in [0.3, 0.4) is 0 Å². The van der Waals surface area contributed by atoms with E-state index in [0.717, 1.165) is 18.5 Å². The van der Waals surface area contributed by atoms with Gasteiger partial charge in [0.2, 0.25) is 0 Å². The van der Waals surface area contributed by atoms with Crippen LogP contribution in [-0.2, 0) is 13.0 Å². The second-order valence-electron chi connectivity index (χ2n) is 6.11. The predicted molar refractivity (Wildman–Crippen MR) is 101 cm³/mol. The highest BCUT2D eigenvalue weighted by atomic mass is 16.2. The standard InChI is InChI=1S/C20H18N4O2/c25-19-17-10-4-5-11-18(17)23(12-6-7-15-13-21-14-22-15)20(26)24(19)16-8-2-1-3-9-16/h1-5,8-11,13-14H,6-7,12H2,(H,21,22). The van der Waals surface area contributed by atoms with Crippen LogP contribution in [-0.4, -0.2) is 19.1 Å². The van der Waals surface area contributed by atoms with Crippen molar-refractivity contribution in [2.75, 3.05) is 0 Å². The monoisotopic (exact) mass is 346 g/mol. The Labute approximate surface area is 149 Å². The van der Waals surface area contributed by atoms with E-state index in [9.17, 15) is 9.59 Å². The fourth-order valence-electron chi connectivity index (χ4n) is 3.19. The summed E-state index contributed by atoms with van der Waals surface area (Å²) in [5.74, 6) is 0. The Bertz CT molecular complexity index is 1140. The van der Waals surface area contributed by atoms with Crippen molar-refractivity contribution in [2.24, 2.45) is 0 Å². The number of para-hydroxylation sites is 2. The molecule has 0 unspecified atom stereocenters. The Balaban J connectivity index is 1.83. The van der Waals surface area contributed by atoms with Crippen molar-refractivity contribution in [3.05, 3.63) is 93.7 Å². The summed E-state index contributed by atoms with van der Waals surface area (Å²) >= 11 is 0. The summed E-state index contributed by atoms with van der Waals surface area (Å²) in [5, 5.41) is 0.539. The molecule has 0 aliphatic heterocycles. The summed E-state index contributed by atoms with van der Waals surface area (Å²) in [4.78, 5) is 33.1. The number of rotatable bonds is 5. The lowest BCUT2D eigenvalue weighted by atomic mass is 10.2. The zero-order valence-electron chi connectivity index (χ0n) is 14.1. The number of aromatic amines is 1. The summed E-state index contributed by atoms with van der Waals surface area (Å²) in [6, 6.07) is 16.3. The molecule has 0 fully saturated rings. The molecule has 4 rings (SSSR count). The van der Waals surface area contributed by atoms with Crippen LogP contribution >= 0.6 is 0 Å². The molecule has 4 aromatic rings. The second kappa shape index (κ2) is 6.84. The normalized spacial score (nSPS) is 11.1. The number of H-pyrrole nitrogens is 1.